The maximum atomic E-state index is 12.6. The molecule has 2 amide bonds. The Bertz CT molecular complexity index is 574. The molecule has 0 saturated carbocycles. The molecule has 2 aliphatic rings. The zero-order chi connectivity index (χ0) is 16.9. The van der Waals surface area contributed by atoms with Gasteiger partial charge in [0.05, 0.1) is 12.2 Å². The number of hydrogen-bond acceptors (Lipinski definition) is 4. The second kappa shape index (κ2) is 7.64. The van der Waals surface area contributed by atoms with E-state index in [1.165, 1.54) is 0 Å². The van der Waals surface area contributed by atoms with Crippen molar-refractivity contribution in [1.29, 1.82) is 0 Å². The average Bonchev–Trinajstić information content (AvgIpc) is 3.16. The molecular formula is C18H25N3O3. The molecular weight excluding hydrogens is 306 g/mol. The fourth-order valence-corrected chi connectivity index (χ4v) is 3.45. The third-order valence-corrected chi connectivity index (χ3v) is 4.82. The maximum absolute atomic E-state index is 12.6. The van der Waals surface area contributed by atoms with E-state index in [-0.39, 0.29) is 17.7 Å². The Morgan fingerprint density at radius 1 is 1.12 bits per heavy atom. The zero-order valence-corrected chi connectivity index (χ0v) is 14.2. The van der Waals surface area contributed by atoms with Crippen LogP contribution in [0, 0.1) is 5.92 Å². The molecule has 2 fully saturated rings. The highest BCUT2D eigenvalue weighted by Crippen LogP contribution is 2.23. The Morgan fingerprint density at radius 3 is 2.42 bits per heavy atom. The Morgan fingerprint density at radius 2 is 1.83 bits per heavy atom. The first-order valence-electron chi connectivity index (χ1n) is 8.86. The lowest BCUT2D eigenvalue weighted by Crippen LogP contribution is -2.43. The normalized spacial score (nSPS) is 18.7. The van der Waals surface area contributed by atoms with Gasteiger partial charge in [0.25, 0.3) is 5.91 Å². The lowest BCUT2D eigenvalue weighted by molar-refractivity contribution is -0.135. The van der Waals surface area contributed by atoms with Crippen LogP contribution in [0.1, 0.15) is 43.0 Å². The van der Waals surface area contributed by atoms with Gasteiger partial charge in [-0.2, -0.15) is 0 Å². The highest BCUT2D eigenvalue weighted by Gasteiger charge is 2.31. The van der Waals surface area contributed by atoms with Gasteiger partial charge in [-0.1, -0.05) is 0 Å². The Balaban J connectivity index is 1.53. The number of carbonyl (C=O) groups excluding carboxylic acids is 2. The number of aromatic nitrogens is 1. The third-order valence-electron chi connectivity index (χ3n) is 4.82. The van der Waals surface area contributed by atoms with Crippen LogP contribution in [0.5, 0.6) is 5.88 Å². The molecule has 0 atom stereocenters. The summed E-state index contributed by atoms with van der Waals surface area (Å²) in [6.45, 7) is 5.52. The average molecular weight is 331 g/mol. The number of ether oxygens (including phenoxy) is 1. The molecule has 0 N–H and O–H groups in total. The summed E-state index contributed by atoms with van der Waals surface area (Å²) in [4.78, 5) is 33.0. The number of hydrogen-bond donors (Lipinski definition) is 0. The molecule has 0 radical (unpaired) electrons. The molecule has 1 aromatic rings. The van der Waals surface area contributed by atoms with Gasteiger partial charge in [0.15, 0.2) is 0 Å². The van der Waals surface area contributed by atoms with E-state index in [0.29, 0.717) is 31.1 Å². The number of nitrogens with zero attached hydrogens (tertiary/aromatic N) is 3. The molecule has 0 aromatic carbocycles. The van der Waals surface area contributed by atoms with Crippen molar-refractivity contribution >= 4 is 11.8 Å². The number of piperidine rings is 1. The summed E-state index contributed by atoms with van der Waals surface area (Å²) in [7, 11) is 0. The molecule has 0 spiro atoms. The SMILES string of the molecule is CCOc1ccc(C(=O)N2CCC(C(=O)N3CCCC3)CC2)cn1. The van der Waals surface area contributed by atoms with Crippen LogP contribution in [0.3, 0.4) is 0 Å². The minimum Gasteiger partial charge on any atom is -0.478 e. The topological polar surface area (TPSA) is 62.7 Å². The van der Waals surface area contributed by atoms with Gasteiger partial charge in [0, 0.05) is 44.4 Å². The van der Waals surface area contributed by atoms with Crippen LogP contribution in [-0.4, -0.2) is 59.4 Å². The predicted octanol–water partition coefficient (Wildman–Crippen LogP) is 1.95. The third kappa shape index (κ3) is 3.68. The second-order valence-corrected chi connectivity index (χ2v) is 6.42. The van der Waals surface area contributed by atoms with E-state index < -0.39 is 0 Å². The first kappa shape index (κ1) is 16.7. The molecule has 3 rings (SSSR count). The minimum absolute atomic E-state index is 0.0161. The molecule has 24 heavy (non-hydrogen) atoms. The zero-order valence-electron chi connectivity index (χ0n) is 14.2. The standard InChI is InChI=1S/C18H25N3O3/c1-2-24-16-6-5-15(13-19-16)18(23)21-11-7-14(8-12-21)17(22)20-9-3-4-10-20/h5-6,13-14H,2-4,7-12H2,1H3. The van der Waals surface area contributed by atoms with Crippen LogP contribution in [0.25, 0.3) is 0 Å². The predicted molar refractivity (Wildman–Crippen MR) is 89.8 cm³/mol. The van der Waals surface area contributed by atoms with E-state index in [9.17, 15) is 9.59 Å². The number of pyridine rings is 1. The first-order chi connectivity index (χ1) is 11.7. The molecule has 0 bridgehead atoms. The van der Waals surface area contributed by atoms with Crippen molar-refractivity contribution in [3.05, 3.63) is 23.9 Å². The fourth-order valence-electron chi connectivity index (χ4n) is 3.45. The number of carbonyl (C=O) groups is 2. The van der Waals surface area contributed by atoms with Gasteiger partial charge in [0.1, 0.15) is 0 Å². The van der Waals surface area contributed by atoms with Crippen LogP contribution in [0.15, 0.2) is 18.3 Å². The largest absolute Gasteiger partial charge is 0.478 e. The molecule has 6 nitrogen and oxygen atoms in total. The summed E-state index contributed by atoms with van der Waals surface area (Å²) in [5, 5.41) is 0. The van der Waals surface area contributed by atoms with Crippen LogP contribution in [0.2, 0.25) is 0 Å². The van der Waals surface area contributed by atoms with Gasteiger partial charge in [-0.25, -0.2) is 4.98 Å². The van der Waals surface area contributed by atoms with Crippen molar-refractivity contribution in [3.63, 3.8) is 0 Å². The lowest BCUT2D eigenvalue weighted by Gasteiger charge is -2.33. The van der Waals surface area contributed by atoms with Gasteiger partial charge in [-0.05, 0) is 38.7 Å². The van der Waals surface area contributed by atoms with E-state index in [2.05, 4.69) is 4.98 Å². The molecule has 3 heterocycles. The van der Waals surface area contributed by atoms with Crippen LogP contribution in [-0.2, 0) is 4.79 Å². The van der Waals surface area contributed by atoms with E-state index in [4.69, 9.17) is 4.74 Å². The monoisotopic (exact) mass is 331 g/mol. The number of amides is 2. The quantitative estimate of drug-likeness (QED) is 0.846. The molecule has 6 heteroatoms. The van der Waals surface area contributed by atoms with Crippen molar-refractivity contribution in [1.82, 2.24) is 14.8 Å². The summed E-state index contributed by atoms with van der Waals surface area (Å²) in [5.41, 5.74) is 0.572. The second-order valence-electron chi connectivity index (χ2n) is 6.42. The summed E-state index contributed by atoms with van der Waals surface area (Å²) < 4.78 is 5.30. The van der Waals surface area contributed by atoms with Gasteiger partial charge < -0.3 is 14.5 Å². The van der Waals surface area contributed by atoms with Gasteiger partial charge in [0.2, 0.25) is 11.8 Å². The molecule has 1 aromatic heterocycles. The molecule has 130 valence electrons. The smallest absolute Gasteiger partial charge is 0.255 e. The van der Waals surface area contributed by atoms with Crippen molar-refractivity contribution in [3.8, 4) is 5.88 Å². The first-order valence-corrected chi connectivity index (χ1v) is 8.86. The van der Waals surface area contributed by atoms with Crippen molar-refractivity contribution in [2.75, 3.05) is 32.8 Å². The highest BCUT2D eigenvalue weighted by atomic mass is 16.5. The highest BCUT2D eigenvalue weighted by molar-refractivity contribution is 5.94. The summed E-state index contributed by atoms with van der Waals surface area (Å²) in [6.07, 6.45) is 5.31. The van der Waals surface area contributed by atoms with E-state index >= 15 is 0 Å². The number of rotatable bonds is 4. The van der Waals surface area contributed by atoms with Crippen LogP contribution < -0.4 is 4.74 Å². The van der Waals surface area contributed by atoms with Crippen molar-refractivity contribution in [2.24, 2.45) is 5.92 Å². The van der Waals surface area contributed by atoms with Gasteiger partial charge >= 0.3 is 0 Å². The molecule has 2 aliphatic heterocycles. The maximum Gasteiger partial charge on any atom is 0.255 e. The van der Waals surface area contributed by atoms with E-state index in [1.54, 1.807) is 18.3 Å². The van der Waals surface area contributed by atoms with Crippen molar-refractivity contribution in [2.45, 2.75) is 32.6 Å². The molecule has 0 aliphatic carbocycles. The fraction of sp³-hybridized carbons (Fsp3) is 0.611. The summed E-state index contributed by atoms with van der Waals surface area (Å²) in [6, 6.07) is 3.47. The minimum atomic E-state index is -0.0161. The van der Waals surface area contributed by atoms with Crippen LogP contribution >= 0.6 is 0 Å². The van der Waals surface area contributed by atoms with Crippen molar-refractivity contribution < 1.29 is 14.3 Å². The summed E-state index contributed by atoms with van der Waals surface area (Å²) in [5.74, 6) is 0.870. The lowest BCUT2D eigenvalue weighted by atomic mass is 9.95. The molecule has 2 saturated heterocycles. The Labute approximate surface area is 142 Å². The van der Waals surface area contributed by atoms with E-state index in [0.717, 1.165) is 38.8 Å². The van der Waals surface area contributed by atoms with Gasteiger partial charge in [-0.15, -0.1) is 0 Å². The van der Waals surface area contributed by atoms with Gasteiger partial charge in [-0.3, -0.25) is 9.59 Å². The van der Waals surface area contributed by atoms with Crippen LogP contribution in [0.4, 0.5) is 0 Å². The summed E-state index contributed by atoms with van der Waals surface area (Å²) >= 11 is 0. The van der Waals surface area contributed by atoms with E-state index in [1.807, 2.05) is 16.7 Å². The molecule has 0 unspecified atom stereocenters. The Kier molecular flexibility index (Phi) is 5.33. The number of likely N-dealkylation sites (tertiary alicyclic amines) is 2. The Hall–Kier alpha value is -2.11.